The number of hydrogen-bond donors (Lipinski definition) is 1. The number of benzene rings is 2. The first-order valence-electron chi connectivity index (χ1n) is 14.9. The van der Waals surface area contributed by atoms with Crippen molar-refractivity contribution in [2.24, 2.45) is 11.8 Å². The Hall–Kier alpha value is -1.50. The van der Waals surface area contributed by atoms with Crippen LogP contribution in [0.5, 0.6) is 0 Å². The van der Waals surface area contributed by atoms with Crippen molar-refractivity contribution < 1.29 is 13.0 Å². The van der Waals surface area contributed by atoms with Gasteiger partial charge in [0.15, 0.2) is 0 Å². The molecule has 3 unspecified atom stereocenters. The van der Waals surface area contributed by atoms with Gasteiger partial charge < -0.3 is 4.90 Å². The normalized spacial score (nSPS) is 15.6. The van der Waals surface area contributed by atoms with Crippen LogP contribution in [-0.2, 0) is 23.0 Å². The number of rotatable bonds is 16. The van der Waals surface area contributed by atoms with E-state index in [4.69, 9.17) is 0 Å². The zero-order valence-corrected chi connectivity index (χ0v) is 25.8. The highest BCUT2D eigenvalue weighted by molar-refractivity contribution is 7.99. The van der Waals surface area contributed by atoms with Crippen LogP contribution in [0.2, 0.25) is 0 Å². The summed E-state index contributed by atoms with van der Waals surface area (Å²) in [5.41, 5.74) is 5.04. The molecular weight excluding hydrogens is 510 g/mol. The van der Waals surface area contributed by atoms with E-state index >= 15 is 0 Å². The lowest BCUT2D eigenvalue weighted by Gasteiger charge is -2.34. The highest BCUT2D eigenvalue weighted by atomic mass is 32.2. The van der Waals surface area contributed by atoms with E-state index in [0.29, 0.717) is 24.8 Å². The van der Waals surface area contributed by atoms with E-state index in [1.165, 1.54) is 83.7 Å². The molecule has 1 heterocycles. The van der Waals surface area contributed by atoms with Gasteiger partial charge in [-0.15, -0.1) is 0 Å². The first kappa shape index (κ1) is 31.0. The van der Waals surface area contributed by atoms with Crippen molar-refractivity contribution >= 4 is 33.3 Å². The van der Waals surface area contributed by atoms with Gasteiger partial charge >= 0.3 is 0 Å². The quantitative estimate of drug-likeness (QED) is 0.208. The fraction of sp³-hybridized carbons (Fsp3) is 0.625. The maximum Gasteiger partial charge on any atom is 0.267 e. The third kappa shape index (κ3) is 8.50. The third-order valence-corrected chi connectivity index (χ3v) is 10.6. The second kappa shape index (κ2) is 14.8. The van der Waals surface area contributed by atoms with Crippen molar-refractivity contribution in [1.82, 2.24) is 0 Å². The Labute approximate surface area is 236 Å². The van der Waals surface area contributed by atoms with Crippen molar-refractivity contribution in [3.63, 3.8) is 0 Å². The summed E-state index contributed by atoms with van der Waals surface area (Å²) in [6.07, 6.45) is 12.4. The first-order valence-corrected chi connectivity index (χ1v) is 17.2. The van der Waals surface area contributed by atoms with Crippen molar-refractivity contribution in [3.05, 3.63) is 47.5 Å². The fourth-order valence-electron chi connectivity index (χ4n) is 5.48. The Morgan fingerprint density at radius 2 is 1.26 bits per heavy atom. The topological polar surface area (TPSA) is 57.6 Å². The smallest absolute Gasteiger partial charge is 0.267 e. The van der Waals surface area contributed by atoms with Crippen LogP contribution in [0.25, 0.3) is 0 Å². The minimum absolute atomic E-state index is 0.374. The standard InChI is InChI=1S/C32H49NO3S2/c1-6-10-12-25(8-3)20-27-14-16-31-29(22-27)33(19-18-24(5)38(34,35)36)30-23-28(15-17-32(30)37-31)21-26(9-4)13-11-7-2/h14-17,22-26H,6-13,18-21H2,1-5H3,(H,34,35,36). The highest BCUT2D eigenvalue weighted by Gasteiger charge is 2.27. The Morgan fingerprint density at radius 3 is 1.66 bits per heavy atom. The molecule has 2 aromatic carbocycles. The maximum absolute atomic E-state index is 11.8. The molecule has 0 saturated carbocycles. The summed E-state index contributed by atoms with van der Waals surface area (Å²) in [5, 5.41) is -0.799. The van der Waals surface area contributed by atoms with Crippen LogP contribution < -0.4 is 4.90 Å². The predicted molar refractivity (Wildman–Crippen MR) is 164 cm³/mol. The van der Waals surface area contributed by atoms with Crippen LogP contribution in [0.15, 0.2) is 46.2 Å². The molecule has 1 aliphatic heterocycles. The molecular formula is C32H49NO3S2. The van der Waals surface area contributed by atoms with E-state index in [9.17, 15) is 13.0 Å². The van der Waals surface area contributed by atoms with Crippen LogP contribution in [0.1, 0.15) is 104 Å². The number of fused-ring (bicyclic) bond motifs is 2. The van der Waals surface area contributed by atoms with Crippen LogP contribution in [0, 0.1) is 11.8 Å². The molecule has 0 amide bonds. The van der Waals surface area contributed by atoms with Gasteiger partial charge in [-0.3, -0.25) is 4.55 Å². The number of anilines is 2. The number of hydrogen-bond acceptors (Lipinski definition) is 4. The summed E-state index contributed by atoms with van der Waals surface area (Å²) in [6.45, 7) is 11.2. The Balaban J connectivity index is 1.94. The van der Waals surface area contributed by atoms with E-state index in [1.807, 2.05) is 11.8 Å². The van der Waals surface area contributed by atoms with Crippen LogP contribution >= 0.6 is 11.8 Å². The minimum atomic E-state index is -4.06. The van der Waals surface area contributed by atoms with Crippen LogP contribution in [0.4, 0.5) is 11.4 Å². The van der Waals surface area contributed by atoms with Crippen LogP contribution in [0.3, 0.4) is 0 Å². The zero-order chi connectivity index (χ0) is 27.7. The molecule has 0 aromatic heterocycles. The second-order valence-corrected chi connectivity index (χ2v) is 14.1. The molecule has 0 saturated heterocycles. The number of nitrogens with zero attached hydrogens (tertiary/aromatic N) is 1. The fourth-order valence-corrected chi connectivity index (χ4v) is 6.94. The summed E-state index contributed by atoms with van der Waals surface area (Å²) in [6, 6.07) is 13.7. The molecule has 0 aliphatic carbocycles. The summed E-state index contributed by atoms with van der Waals surface area (Å²) < 4.78 is 33.3. The molecule has 4 nitrogen and oxygen atoms in total. The monoisotopic (exact) mass is 559 g/mol. The van der Waals surface area contributed by atoms with Crippen molar-refractivity contribution in [3.8, 4) is 0 Å². The van der Waals surface area contributed by atoms with Gasteiger partial charge in [-0.1, -0.05) is 103 Å². The van der Waals surface area contributed by atoms with E-state index in [0.717, 1.165) is 12.8 Å². The third-order valence-electron chi connectivity index (χ3n) is 8.25. The van der Waals surface area contributed by atoms with Crippen LogP contribution in [-0.4, -0.2) is 24.8 Å². The van der Waals surface area contributed by atoms with E-state index < -0.39 is 15.4 Å². The first-order chi connectivity index (χ1) is 18.2. The van der Waals surface area contributed by atoms with E-state index in [2.05, 4.69) is 69.0 Å². The molecule has 2 aromatic rings. The zero-order valence-electron chi connectivity index (χ0n) is 24.2. The Kier molecular flexibility index (Phi) is 12.1. The molecule has 6 heteroatoms. The molecule has 212 valence electrons. The lowest BCUT2D eigenvalue weighted by Crippen LogP contribution is -2.27. The Bertz CT molecular complexity index is 1060. The largest absolute Gasteiger partial charge is 0.340 e. The molecule has 0 bridgehead atoms. The van der Waals surface area contributed by atoms with Gasteiger partial charge in [-0.25, -0.2) is 0 Å². The minimum Gasteiger partial charge on any atom is -0.340 e. The van der Waals surface area contributed by atoms with Crippen molar-refractivity contribution in [1.29, 1.82) is 0 Å². The maximum atomic E-state index is 11.8. The van der Waals surface area contributed by atoms with Crippen molar-refractivity contribution in [2.45, 2.75) is 120 Å². The lowest BCUT2D eigenvalue weighted by molar-refractivity contribution is 0.449. The molecule has 1 aliphatic rings. The van der Waals surface area contributed by atoms with Gasteiger partial charge in [0.25, 0.3) is 10.1 Å². The summed E-state index contributed by atoms with van der Waals surface area (Å²) in [4.78, 5) is 4.74. The van der Waals surface area contributed by atoms with Gasteiger partial charge in [0.2, 0.25) is 0 Å². The Morgan fingerprint density at radius 1 is 0.789 bits per heavy atom. The van der Waals surface area contributed by atoms with Gasteiger partial charge in [0, 0.05) is 16.3 Å². The van der Waals surface area contributed by atoms with Gasteiger partial charge in [0.05, 0.1) is 16.6 Å². The van der Waals surface area contributed by atoms with Gasteiger partial charge in [0.1, 0.15) is 0 Å². The molecule has 3 atom stereocenters. The summed E-state index contributed by atoms with van der Waals surface area (Å²) in [5.74, 6) is 1.37. The second-order valence-electron chi connectivity index (χ2n) is 11.2. The highest BCUT2D eigenvalue weighted by Crippen LogP contribution is 2.49. The van der Waals surface area contributed by atoms with Gasteiger partial charge in [-0.2, -0.15) is 8.42 Å². The summed E-state index contributed by atoms with van der Waals surface area (Å²) in [7, 11) is -4.06. The molecule has 0 radical (unpaired) electrons. The average molecular weight is 560 g/mol. The molecule has 3 rings (SSSR count). The number of unbranched alkanes of at least 4 members (excludes halogenated alkanes) is 2. The summed E-state index contributed by atoms with van der Waals surface area (Å²) >= 11 is 1.81. The van der Waals surface area contributed by atoms with Crippen molar-refractivity contribution in [2.75, 3.05) is 11.4 Å². The molecule has 0 fully saturated rings. The molecule has 1 N–H and O–H groups in total. The van der Waals surface area contributed by atoms with E-state index in [-0.39, 0.29) is 0 Å². The van der Waals surface area contributed by atoms with Gasteiger partial charge in [-0.05, 0) is 73.4 Å². The molecule has 0 spiro atoms. The SMILES string of the molecule is CCCCC(CC)Cc1ccc2c(c1)N(CCC(C)S(=O)(=O)O)c1cc(CC(CC)CCCC)ccc1S2. The average Bonchev–Trinajstić information content (AvgIpc) is 2.90. The lowest BCUT2D eigenvalue weighted by atomic mass is 9.91. The van der Waals surface area contributed by atoms with E-state index in [1.54, 1.807) is 6.92 Å². The predicted octanol–water partition coefficient (Wildman–Crippen LogP) is 9.47. The molecule has 38 heavy (non-hydrogen) atoms.